The van der Waals surface area contributed by atoms with Gasteiger partial charge in [0.15, 0.2) is 0 Å². The lowest BCUT2D eigenvalue weighted by Crippen LogP contribution is -2.42. The number of hydrogen-bond acceptors (Lipinski definition) is 5. The summed E-state index contributed by atoms with van der Waals surface area (Å²) in [6.07, 6.45) is 2.01. The molecule has 0 saturated carbocycles. The lowest BCUT2D eigenvalue weighted by molar-refractivity contribution is -0.136. The average Bonchev–Trinajstić information content (AvgIpc) is 3.23. The Kier molecular flexibility index (Phi) is 4.39. The highest BCUT2D eigenvalue weighted by molar-refractivity contribution is 7.09. The maximum Gasteiger partial charge on any atom is 0.225 e. The number of aryl methyl sites for hydroxylation is 1. The molecule has 0 spiro atoms. The van der Waals surface area contributed by atoms with Gasteiger partial charge in [-0.1, -0.05) is 0 Å². The molecular formula is C17H26N4OS. The molecule has 0 aliphatic carbocycles. The van der Waals surface area contributed by atoms with E-state index in [4.69, 9.17) is 0 Å². The molecular weight excluding hydrogens is 308 g/mol. The minimum Gasteiger partial charge on any atom is -0.342 e. The van der Waals surface area contributed by atoms with E-state index >= 15 is 0 Å². The third-order valence-electron chi connectivity index (χ3n) is 5.69. The van der Waals surface area contributed by atoms with Crippen molar-refractivity contribution in [2.45, 2.75) is 26.3 Å². The van der Waals surface area contributed by atoms with E-state index < -0.39 is 0 Å². The molecule has 3 aliphatic heterocycles. The second-order valence-corrected chi connectivity index (χ2v) is 8.39. The van der Waals surface area contributed by atoms with Crippen LogP contribution in [0, 0.1) is 24.7 Å². The summed E-state index contributed by atoms with van der Waals surface area (Å²) in [4.78, 5) is 21.9. The summed E-state index contributed by atoms with van der Waals surface area (Å²) >= 11 is 1.72. The van der Waals surface area contributed by atoms with E-state index in [1.54, 1.807) is 11.3 Å². The Morgan fingerprint density at radius 1 is 1.30 bits per heavy atom. The van der Waals surface area contributed by atoms with E-state index in [0.29, 0.717) is 17.7 Å². The summed E-state index contributed by atoms with van der Waals surface area (Å²) in [6.45, 7) is 9.19. The molecule has 0 radical (unpaired) electrons. The Balaban J connectivity index is 1.27. The molecule has 4 rings (SSSR count). The molecule has 5 nitrogen and oxygen atoms in total. The van der Waals surface area contributed by atoms with Crippen molar-refractivity contribution in [1.82, 2.24) is 20.1 Å². The van der Waals surface area contributed by atoms with Crippen molar-refractivity contribution in [2.24, 2.45) is 17.8 Å². The summed E-state index contributed by atoms with van der Waals surface area (Å²) in [5.74, 6) is 2.07. The van der Waals surface area contributed by atoms with Crippen LogP contribution in [0.5, 0.6) is 0 Å². The van der Waals surface area contributed by atoms with Gasteiger partial charge in [0.2, 0.25) is 5.91 Å². The fourth-order valence-corrected chi connectivity index (χ4v) is 4.95. The standard InChI is InChI=1S/C17H26N4OS/c1-12-19-16(11-23-12)10-20-4-2-13(3-5-20)17(22)21-8-14-6-18-7-15(14)9-21/h11,13-15,18H,2-10H2,1H3/t14-,15+. The number of piperidine rings is 1. The van der Waals surface area contributed by atoms with Crippen LogP contribution < -0.4 is 5.32 Å². The van der Waals surface area contributed by atoms with Gasteiger partial charge in [-0.2, -0.15) is 0 Å². The number of likely N-dealkylation sites (tertiary alicyclic amines) is 2. The first-order valence-electron chi connectivity index (χ1n) is 8.82. The van der Waals surface area contributed by atoms with Gasteiger partial charge in [0.25, 0.3) is 0 Å². The Labute approximate surface area is 142 Å². The number of rotatable bonds is 3. The molecule has 0 bridgehead atoms. The van der Waals surface area contributed by atoms with Crippen LogP contribution in [0.1, 0.15) is 23.5 Å². The predicted molar refractivity (Wildman–Crippen MR) is 91.3 cm³/mol. The fourth-order valence-electron chi connectivity index (χ4n) is 4.34. The van der Waals surface area contributed by atoms with Crippen LogP contribution >= 0.6 is 11.3 Å². The molecule has 1 aromatic heterocycles. The van der Waals surface area contributed by atoms with Gasteiger partial charge >= 0.3 is 0 Å². The molecule has 0 aromatic carbocycles. The van der Waals surface area contributed by atoms with Crippen molar-refractivity contribution in [3.8, 4) is 0 Å². The Morgan fingerprint density at radius 3 is 2.61 bits per heavy atom. The van der Waals surface area contributed by atoms with E-state index in [0.717, 1.165) is 63.7 Å². The molecule has 3 fully saturated rings. The first kappa shape index (κ1) is 15.5. The van der Waals surface area contributed by atoms with Crippen molar-refractivity contribution in [3.05, 3.63) is 16.1 Å². The second kappa shape index (κ2) is 6.49. The minimum atomic E-state index is 0.246. The average molecular weight is 334 g/mol. The van der Waals surface area contributed by atoms with Gasteiger partial charge < -0.3 is 10.2 Å². The van der Waals surface area contributed by atoms with Gasteiger partial charge in [-0.15, -0.1) is 11.3 Å². The number of carbonyl (C=O) groups excluding carboxylic acids is 1. The third-order valence-corrected chi connectivity index (χ3v) is 6.51. The van der Waals surface area contributed by atoms with Crippen LogP contribution in [0.2, 0.25) is 0 Å². The highest BCUT2D eigenvalue weighted by Gasteiger charge is 2.40. The van der Waals surface area contributed by atoms with E-state index in [1.807, 2.05) is 0 Å². The number of thiazole rings is 1. The SMILES string of the molecule is Cc1nc(CN2CCC(C(=O)N3C[C@H]4CNC[C@H]4C3)CC2)cs1. The van der Waals surface area contributed by atoms with Gasteiger partial charge in [-0.25, -0.2) is 4.98 Å². The summed E-state index contributed by atoms with van der Waals surface area (Å²) in [7, 11) is 0. The van der Waals surface area contributed by atoms with Crippen molar-refractivity contribution < 1.29 is 4.79 Å². The van der Waals surface area contributed by atoms with Crippen molar-refractivity contribution >= 4 is 17.2 Å². The molecule has 1 amide bonds. The molecule has 1 aromatic rings. The normalized spacial score (nSPS) is 29.2. The Morgan fingerprint density at radius 2 is 2.00 bits per heavy atom. The summed E-state index contributed by atoms with van der Waals surface area (Å²) in [5.41, 5.74) is 1.18. The zero-order chi connectivity index (χ0) is 15.8. The number of fused-ring (bicyclic) bond motifs is 1. The number of amides is 1. The van der Waals surface area contributed by atoms with E-state index in [9.17, 15) is 4.79 Å². The van der Waals surface area contributed by atoms with Gasteiger partial charge in [0, 0.05) is 44.0 Å². The highest BCUT2D eigenvalue weighted by Crippen LogP contribution is 2.29. The molecule has 126 valence electrons. The number of aromatic nitrogens is 1. The minimum absolute atomic E-state index is 0.246. The van der Waals surface area contributed by atoms with Crippen molar-refractivity contribution in [3.63, 3.8) is 0 Å². The van der Waals surface area contributed by atoms with Crippen LogP contribution in [0.3, 0.4) is 0 Å². The molecule has 0 unspecified atom stereocenters. The first-order chi connectivity index (χ1) is 11.2. The van der Waals surface area contributed by atoms with Crippen LogP contribution in [0.15, 0.2) is 5.38 Å². The predicted octanol–water partition coefficient (Wildman–Crippen LogP) is 1.34. The molecule has 4 heterocycles. The molecule has 1 N–H and O–H groups in total. The van der Waals surface area contributed by atoms with Gasteiger partial charge in [0.05, 0.1) is 10.7 Å². The number of nitrogens with one attached hydrogen (secondary N) is 1. The lowest BCUT2D eigenvalue weighted by Gasteiger charge is -2.33. The van der Waals surface area contributed by atoms with Crippen LogP contribution in [-0.4, -0.2) is 60.0 Å². The number of nitrogens with zero attached hydrogens (tertiary/aromatic N) is 3. The maximum atomic E-state index is 12.8. The summed E-state index contributed by atoms with van der Waals surface area (Å²) in [6, 6.07) is 0. The van der Waals surface area contributed by atoms with Crippen LogP contribution in [-0.2, 0) is 11.3 Å². The lowest BCUT2D eigenvalue weighted by atomic mass is 9.95. The van der Waals surface area contributed by atoms with E-state index in [-0.39, 0.29) is 5.92 Å². The zero-order valence-electron chi connectivity index (χ0n) is 13.8. The number of hydrogen-bond donors (Lipinski definition) is 1. The molecule has 2 atom stereocenters. The largest absolute Gasteiger partial charge is 0.342 e. The summed E-state index contributed by atoms with van der Waals surface area (Å²) in [5, 5.41) is 6.74. The van der Waals surface area contributed by atoms with Gasteiger partial charge in [0.1, 0.15) is 0 Å². The molecule has 3 saturated heterocycles. The van der Waals surface area contributed by atoms with Gasteiger partial charge in [-0.3, -0.25) is 9.69 Å². The number of carbonyl (C=O) groups is 1. The maximum absolute atomic E-state index is 12.8. The summed E-state index contributed by atoms with van der Waals surface area (Å²) < 4.78 is 0. The van der Waals surface area contributed by atoms with Crippen molar-refractivity contribution in [2.75, 3.05) is 39.3 Å². The first-order valence-corrected chi connectivity index (χ1v) is 9.70. The quantitative estimate of drug-likeness (QED) is 0.906. The monoisotopic (exact) mass is 334 g/mol. The van der Waals surface area contributed by atoms with Crippen LogP contribution in [0.4, 0.5) is 0 Å². The molecule has 3 aliphatic rings. The highest BCUT2D eigenvalue weighted by atomic mass is 32.1. The topological polar surface area (TPSA) is 48.5 Å². The van der Waals surface area contributed by atoms with Crippen LogP contribution in [0.25, 0.3) is 0 Å². The van der Waals surface area contributed by atoms with Crippen molar-refractivity contribution in [1.29, 1.82) is 0 Å². The third kappa shape index (κ3) is 3.30. The molecule has 6 heteroatoms. The molecule has 23 heavy (non-hydrogen) atoms. The Bertz CT molecular complexity index is 555. The van der Waals surface area contributed by atoms with E-state index in [2.05, 4.69) is 32.4 Å². The second-order valence-electron chi connectivity index (χ2n) is 7.33. The smallest absolute Gasteiger partial charge is 0.225 e. The van der Waals surface area contributed by atoms with E-state index in [1.165, 1.54) is 5.69 Å². The Hall–Kier alpha value is -0.980. The zero-order valence-corrected chi connectivity index (χ0v) is 14.6. The fraction of sp³-hybridized carbons (Fsp3) is 0.765. The van der Waals surface area contributed by atoms with Gasteiger partial charge in [-0.05, 0) is 44.7 Å².